The van der Waals surface area contributed by atoms with Crippen LogP contribution in [0.3, 0.4) is 0 Å². The van der Waals surface area contributed by atoms with Gasteiger partial charge in [0.15, 0.2) is 0 Å². The number of aryl methyl sites for hydroxylation is 1. The molecule has 1 heterocycles. The maximum Gasteiger partial charge on any atom is 0.244 e. The first-order chi connectivity index (χ1) is 9.63. The van der Waals surface area contributed by atoms with Crippen LogP contribution in [0.5, 0.6) is 0 Å². The topological polar surface area (TPSA) is 83.4 Å². The summed E-state index contributed by atoms with van der Waals surface area (Å²) >= 11 is 0. The number of unbranched alkanes of at least 4 members (excludes halogenated alkanes) is 2. The van der Waals surface area contributed by atoms with Gasteiger partial charge in [0.1, 0.15) is 0 Å². The molecule has 0 aromatic carbocycles. The minimum Gasteiger partial charge on any atom is -0.353 e. The third-order valence-electron chi connectivity index (χ3n) is 2.89. The first-order valence-electron chi connectivity index (χ1n) is 6.63. The largest absolute Gasteiger partial charge is 0.353 e. The van der Waals surface area contributed by atoms with Crippen molar-refractivity contribution in [2.75, 3.05) is 6.54 Å². The van der Waals surface area contributed by atoms with Crippen LogP contribution in [-0.2, 0) is 16.6 Å². The van der Waals surface area contributed by atoms with Crippen molar-refractivity contribution >= 4 is 17.9 Å². The average molecular weight is 279 g/mol. The van der Waals surface area contributed by atoms with Crippen LogP contribution in [-0.4, -0.2) is 28.1 Å². The van der Waals surface area contributed by atoms with E-state index in [4.69, 9.17) is 5.21 Å². The number of hydrogen-bond donors (Lipinski definition) is 3. The van der Waals surface area contributed by atoms with Gasteiger partial charge < -0.3 is 9.88 Å². The molecule has 0 aliphatic heterocycles. The van der Waals surface area contributed by atoms with E-state index in [1.165, 1.54) is 6.08 Å². The van der Waals surface area contributed by atoms with Gasteiger partial charge in [-0.3, -0.25) is 14.8 Å². The predicted octanol–water partition coefficient (Wildman–Crippen LogP) is 1.22. The summed E-state index contributed by atoms with van der Waals surface area (Å²) in [6.45, 7) is 0.580. The molecule has 0 saturated heterocycles. The molecule has 0 saturated carbocycles. The number of carbonyl (C=O) groups excluding carboxylic acids is 2. The molecule has 110 valence electrons. The van der Waals surface area contributed by atoms with E-state index in [2.05, 4.69) is 5.32 Å². The van der Waals surface area contributed by atoms with E-state index in [-0.39, 0.29) is 11.8 Å². The van der Waals surface area contributed by atoms with Crippen molar-refractivity contribution in [2.24, 2.45) is 7.05 Å². The zero-order valence-electron chi connectivity index (χ0n) is 11.6. The minimum absolute atomic E-state index is 0.126. The lowest BCUT2D eigenvalue weighted by atomic mass is 10.2. The monoisotopic (exact) mass is 279 g/mol. The van der Waals surface area contributed by atoms with Gasteiger partial charge in [0, 0.05) is 38.0 Å². The Balaban J connectivity index is 2.10. The number of carbonyl (C=O) groups is 2. The van der Waals surface area contributed by atoms with Crippen LogP contribution in [0.15, 0.2) is 24.4 Å². The summed E-state index contributed by atoms with van der Waals surface area (Å²) in [7, 11) is 1.92. The van der Waals surface area contributed by atoms with Gasteiger partial charge in [-0.15, -0.1) is 0 Å². The van der Waals surface area contributed by atoms with Crippen molar-refractivity contribution in [3.05, 3.63) is 30.1 Å². The molecule has 0 radical (unpaired) electrons. The lowest BCUT2D eigenvalue weighted by molar-refractivity contribution is -0.129. The van der Waals surface area contributed by atoms with E-state index in [0.29, 0.717) is 19.4 Å². The van der Waals surface area contributed by atoms with E-state index in [0.717, 1.165) is 18.5 Å². The van der Waals surface area contributed by atoms with Crippen LogP contribution in [0.2, 0.25) is 0 Å². The highest BCUT2D eigenvalue weighted by Crippen LogP contribution is 2.02. The quantitative estimate of drug-likeness (QED) is 0.289. The fourth-order valence-corrected chi connectivity index (χ4v) is 1.72. The van der Waals surface area contributed by atoms with Crippen LogP contribution in [0, 0.1) is 0 Å². The van der Waals surface area contributed by atoms with Crippen LogP contribution in [0.25, 0.3) is 6.08 Å². The Bertz CT molecular complexity index is 466. The highest BCUT2D eigenvalue weighted by atomic mass is 16.5. The smallest absolute Gasteiger partial charge is 0.244 e. The van der Waals surface area contributed by atoms with Crippen LogP contribution in [0.4, 0.5) is 0 Å². The fourth-order valence-electron chi connectivity index (χ4n) is 1.72. The maximum atomic E-state index is 11.5. The molecule has 2 amide bonds. The van der Waals surface area contributed by atoms with Crippen molar-refractivity contribution < 1.29 is 14.8 Å². The molecule has 0 aliphatic rings. The van der Waals surface area contributed by atoms with E-state index >= 15 is 0 Å². The van der Waals surface area contributed by atoms with Gasteiger partial charge in [0.25, 0.3) is 0 Å². The number of nitrogens with zero attached hydrogens (tertiary/aromatic N) is 1. The zero-order valence-corrected chi connectivity index (χ0v) is 11.6. The Labute approximate surface area is 118 Å². The second-order valence-corrected chi connectivity index (χ2v) is 4.51. The Kier molecular flexibility index (Phi) is 7.13. The molecule has 0 spiro atoms. The average Bonchev–Trinajstić information content (AvgIpc) is 2.85. The first kappa shape index (κ1) is 16.0. The van der Waals surface area contributed by atoms with Crippen LogP contribution in [0.1, 0.15) is 31.4 Å². The van der Waals surface area contributed by atoms with Gasteiger partial charge in [-0.25, -0.2) is 5.48 Å². The summed E-state index contributed by atoms with van der Waals surface area (Å²) in [5.74, 6) is -0.501. The lowest BCUT2D eigenvalue weighted by Crippen LogP contribution is -2.22. The second-order valence-electron chi connectivity index (χ2n) is 4.51. The van der Waals surface area contributed by atoms with Gasteiger partial charge in [0.05, 0.1) is 0 Å². The summed E-state index contributed by atoms with van der Waals surface area (Å²) in [6, 6.07) is 3.84. The number of aromatic nitrogens is 1. The molecule has 6 nitrogen and oxygen atoms in total. The Morgan fingerprint density at radius 2 is 2.15 bits per heavy atom. The Hall–Kier alpha value is -2.08. The predicted molar refractivity (Wildman–Crippen MR) is 75.9 cm³/mol. The van der Waals surface area contributed by atoms with Crippen molar-refractivity contribution in [3.8, 4) is 0 Å². The normalized spacial score (nSPS) is 10.7. The van der Waals surface area contributed by atoms with Crippen molar-refractivity contribution in [2.45, 2.75) is 25.7 Å². The molecular weight excluding hydrogens is 258 g/mol. The van der Waals surface area contributed by atoms with Crippen molar-refractivity contribution in [1.82, 2.24) is 15.4 Å². The maximum absolute atomic E-state index is 11.5. The van der Waals surface area contributed by atoms with Gasteiger partial charge >= 0.3 is 0 Å². The minimum atomic E-state index is -0.375. The van der Waals surface area contributed by atoms with Gasteiger partial charge in [-0.05, 0) is 31.1 Å². The highest BCUT2D eigenvalue weighted by Gasteiger charge is 1.99. The number of nitrogens with one attached hydrogen (secondary N) is 2. The molecule has 0 unspecified atom stereocenters. The molecule has 0 bridgehead atoms. The standard InChI is InChI=1S/C14H21N3O3/c1-17-11-5-6-12(17)8-9-13(18)15-10-4-2-3-7-14(19)16-20/h5-6,8-9,11,20H,2-4,7,10H2,1H3,(H,15,18)(H,16,19). The summed E-state index contributed by atoms with van der Waals surface area (Å²) in [5, 5.41) is 11.1. The fraction of sp³-hybridized carbons (Fsp3) is 0.429. The summed E-state index contributed by atoms with van der Waals surface area (Å²) in [6.07, 6.45) is 7.83. The third kappa shape index (κ3) is 6.19. The number of amides is 2. The van der Waals surface area contributed by atoms with E-state index in [9.17, 15) is 9.59 Å². The third-order valence-corrected chi connectivity index (χ3v) is 2.89. The zero-order chi connectivity index (χ0) is 14.8. The molecule has 1 rings (SSSR count). The van der Waals surface area contributed by atoms with Gasteiger partial charge in [0.2, 0.25) is 11.8 Å². The molecule has 20 heavy (non-hydrogen) atoms. The molecule has 6 heteroatoms. The van der Waals surface area contributed by atoms with E-state index in [1.54, 1.807) is 11.6 Å². The highest BCUT2D eigenvalue weighted by molar-refractivity contribution is 5.91. The Morgan fingerprint density at radius 1 is 1.35 bits per heavy atom. The molecule has 0 aliphatic carbocycles. The van der Waals surface area contributed by atoms with Crippen molar-refractivity contribution in [3.63, 3.8) is 0 Å². The number of rotatable bonds is 8. The molecule has 0 fully saturated rings. The number of hydrogen-bond acceptors (Lipinski definition) is 3. The molecule has 1 aromatic heterocycles. The SMILES string of the molecule is Cn1cccc1C=CC(=O)NCCCCCC(=O)NO. The van der Waals surface area contributed by atoms with Gasteiger partial charge in [-0.2, -0.15) is 0 Å². The molecule has 3 N–H and O–H groups in total. The van der Waals surface area contributed by atoms with Crippen LogP contribution < -0.4 is 10.8 Å². The van der Waals surface area contributed by atoms with E-state index in [1.807, 2.05) is 29.9 Å². The van der Waals surface area contributed by atoms with Gasteiger partial charge in [-0.1, -0.05) is 6.42 Å². The van der Waals surface area contributed by atoms with Crippen molar-refractivity contribution in [1.29, 1.82) is 0 Å². The molecular formula is C14H21N3O3. The van der Waals surface area contributed by atoms with Crippen LogP contribution >= 0.6 is 0 Å². The first-order valence-corrected chi connectivity index (χ1v) is 6.63. The van der Waals surface area contributed by atoms with E-state index < -0.39 is 0 Å². The summed E-state index contributed by atoms with van der Waals surface area (Å²) in [5.41, 5.74) is 2.56. The summed E-state index contributed by atoms with van der Waals surface area (Å²) in [4.78, 5) is 22.3. The number of hydroxylamine groups is 1. The lowest BCUT2D eigenvalue weighted by Gasteiger charge is -2.02. The second kappa shape index (κ2) is 8.92. The molecule has 1 aromatic rings. The molecule has 0 atom stereocenters. The Morgan fingerprint density at radius 3 is 2.80 bits per heavy atom. The summed E-state index contributed by atoms with van der Waals surface area (Å²) < 4.78 is 1.93.